The van der Waals surface area contributed by atoms with Crippen molar-refractivity contribution < 1.29 is 9.72 Å². The highest BCUT2D eigenvalue weighted by molar-refractivity contribution is 14.1. The van der Waals surface area contributed by atoms with Gasteiger partial charge >= 0.3 is 0 Å². The summed E-state index contributed by atoms with van der Waals surface area (Å²) in [5, 5.41) is 13.6. The first-order valence-electron chi connectivity index (χ1n) is 5.69. The number of non-ortho nitro benzene ring substituents is 1. The minimum atomic E-state index is -0.496. The molecule has 7 heteroatoms. The van der Waals surface area contributed by atoms with Gasteiger partial charge in [0.2, 0.25) is 0 Å². The zero-order valence-electron chi connectivity index (χ0n) is 10.7. The maximum Gasteiger partial charge on any atom is 0.270 e. The number of amides is 1. The molecule has 1 unspecified atom stereocenters. The molecule has 0 heterocycles. The Hall–Kier alpha value is -0.830. The highest BCUT2D eigenvalue weighted by Crippen LogP contribution is 2.19. The fourth-order valence-corrected chi connectivity index (χ4v) is 2.64. The monoisotopic (exact) mass is 394 g/mol. The summed E-state index contributed by atoms with van der Waals surface area (Å²) in [6.45, 7) is 1.93. The molecule has 0 fully saturated rings. The highest BCUT2D eigenvalue weighted by atomic mass is 127. The second-order valence-electron chi connectivity index (χ2n) is 4.08. The van der Waals surface area contributed by atoms with Crippen LogP contribution in [0.15, 0.2) is 18.2 Å². The predicted octanol–water partition coefficient (Wildman–Crippen LogP) is 3.07. The standard InChI is InChI=1S/C12H15IN2O3S/c1-8(5-6-19-2)14-12(16)10-7-9(15(17)18)3-4-11(10)13/h3-4,7-8H,5-6H2,1-2H3,(H,14,16). The number of halogens is 1. The van der Waals surface area contributed by atoms with Crippen molar-refractivity contribution >= 4 is 45.9 Å². The quantitative estimate of drug-likeness (QED) is 0.457. The van der Waals surface area contributed by atoms with E-state index in [-0.39, 0.29) is 17.6 Å². The van der Waals surface area contributed by atoms with E-state index in [1.165, 1.54) is 12.1 Å². The van der Waals surface area contributed by atoms with Gasteiger partial charge in [0.25, 0.3) is 11.6 Å². The summed E-state index contributed by atoms with van der Waals surface area (Å²) >= 11 is 3.72. The van der Waals surface area contributed by atoms with Gasteiger partial charge in [0.05, 0.1) is 10.5 Å². The first-order chi connectivity index (χ1) is 8.95. The zero-order chi connectivity index (χ0) is 14.4. The van der Waals surface area contributed by atoms with Gasteiger partial charge in [-0.3, -0.25) is 14.9 Å². The lowest BCUT2D eigenvalue weighted by atomic mass is 10.1. The lowest BCUT2D eigenvalue weighted by Crippen LogP contribution is -2.33. The Morgan fingerprint density at radius 1 is 1.58 bits per heavy atom. The van der Waals surface area contributed by atoms with E-state index in [0.29, 0.717) is 9.13 Å². The van der Waals surface area contributed by atoms with Gasteiger partial charge < -0.3 is 5.32 Å². The van der Waals surface area contributed by atoms with Crippen molar-refractivity contribution in [2.45, 2.75) is 19.4 Å². The molecule has 0 bridgehead atoms. The molecule has 0 aliphatic rings. The van der Waals surface area contributed by atoms with E-state index in [9.17, 15) is 14.9 Å². The van der Waals surface area contributed by atoms with Crippen molar-refractivity contribution in [1.29, 1.82) is 0 Å². The predicted molar refractivity (Wildman–Crippen MR) is 85.7 cm³/mol. The number of carbonyl (C=O) groups is 1. The van der Waals surface area contributed by atoms with E-state index in [1.807, 2.05) is 35.8 Å². The van der Waals surface area contributed by atoms with Crippen LogP contribution in [0, 0.1) is 13.7 Å². The number of nitro benzene ring substituents is 1. The molecule has 1 aromatic carbocycles. The molecule has 0 saturated carbocycles. The molecule has 5 nitrogen and oxygen atoms in total. The second-order valence-corrected chi connectivity index (χ2v) is 6.23. The summed E-state index contributed by atoms with van der Waals surface area (Å²) in [5.41, 5.74) is 0.285. The summed E-state index contributed by atoms with van der Waals surface area (Å²) in [7, 11) is 0. The summed E-state index contributed by atoms with van der Waals surface area (Å²) < 4.78 is 0.706. The van der Waals surface area contributed by atoms with E-state index >= 15 is 0 Å². The van der Waals surface area contributed by atoms with Gasteiger partial charge in [0, 0.05) is 21.7 Å². The zero-order valence-corrected chi connectivity index (χ0v) is 13.7. The number of nitrogens with zero attached hydrogens (tertiary/aromatic N) is 1. The molecule has 0 radical (unpaired) electrons. The molecule has 0 saturated heterocycles. The fraction of sp³-hybridized carbons (Fsp3) is 0.417. The number of carbonyl (C=O) groups excluding carboxylic acids is 1. The number of hydrogen-bond donors (Lipinski definition) is 1. The lowest BCUT2D eigenvalue weighted by Gasteiger charge is -2.13. The minimum absolute atomic E-state index is 0.0509. The largest absolute Gasteiger partial charge is 0.350 e. The molecule has 104 valence electrons. The van der Waals surface area contributed by atoms with Crippen molar-refractivity contribution in [1.82, 2.24) is 5.32 Å². The van der Waals surface area contributed by atoms with Crippen LogP contribution in [0.1, 0.15) is 23.7 Å². The Kier molecular flexibility index (Phi) is 6.56. The van der Waals surface area contributed by atoms with E-state index in [1.54, 1.807) is 17.8 Å². The van der Waals surface area contributed by atoms with Crippen LogP contribution < -0.4 is 5.32 Å². The van der Waals surface area contributed by atoms with Crippen molar-refractivity contribution in [2.24, 2.45) is 0 Å². The first kappa shape index (κ1) is 16.2. The summed E-state index contributed by atoms with van der Waals surface area (Å²) in [5.74, 6) is 0.703. The molecule has 1 rings (SSSR count). The van der Waals surface area contributed by atoms with E-state index in [4.69, 9.17) is 0 Å². The van der Waals surface area contributed by atoms with E-state index < -0.39 is 4.92 Å². The van der Waals surface area contributed by atoms with E-state index in [0.717, 1.165) is 12.2 Å². The molecule has 1 atom stereocenters. The van der Waals surface area contributed by atoms with Crippen LogP contribution >= 0.6 is 34.4 Å². The van der Waals surface area contributed by atoms with Crippen molar-refractivity contribution in [3.8, 4) is 0 Å². The van der Waals surface area contributed by atoms with Crippen LogP contribution in [0.4, 0.5) is 5.69 Å². The van der Waals surface area contributed by atoms with Crippen LogP contribution in [-0.4, -0.2) is 28.9 Å². The van der Waals surface area contributed by atoms with Gasteiger partial charge in [-0.1, -0.05) is 0 Å². The van der Waals surface area contributed by atoms with Crippen LogP contribution in [0.3, 0.4) is 0 Å². The third-order valence-electron chi connectivity index (χ3n) is 2.54. The SMILES string of the molecule is CSCCC(C)NC(=O)c1cc([N+](=O)[O-])ccc1I. The molecule has 1 amide bonds. The number of rotatable bonds is 6. The van der Waals surface area contributed by atoms with Gasteiger partial charge in [0.15, 0.2) is 0 Å². The Labute approximate surface area is 129 Å². The molecule has 0 aliphatic carbocycles. The Morgan fingerprint density at radius 3 is 2.84 bits per heavy atom. The van der Waals surface area contributed by atoms with Gasteiger partial charge in [-0.2, -0.15) is 11.8 Å². The van der Waals surface area contributed by atoms with Crippen LogP contribution in [0.2, 0.25) is 0 Å². The van der Waals surface area contributed by atoms with Crippen LogP contribution in [-0.2, 0) is 0 Å². The third-order valence-corrected chi connectivity index (χ3v) is 4.12. The van der Waals surface area contributed by atoms with Crippen molar-refractivity contribution in [3.05, 3.63) is 37.4 Å². The molecular formula is C12H15IN2O3S. The maximum absolute atomic E-state index is 12.1. The van der Waals surface area contributed by atoms with Gasteiger partial charge in [0.1, 0.15) is 0 Å². The summed E-state index contributed by atoms with van der Waals surface area (Å²) in [4.78, 5) is 22.3. The van der Waals surface area contributed by atoms with Crippen molar-refractivity contribution in [2.75, 3.05) is 12.0 Å². The molecule has 1 aromatic rings. The lowest BCUT2D eigenvalue weighted by molar-refractivity contribution is -0.384. The molecular weight excluding hydrogens is 379 g/mol. The minimum Gasteiger partial charge on any atom is -0.350 e. The van der Waals surface area contributed by atoms with Crippen LogP contribution in [0.25, 0.3) is 0 Å². The van der Waals surface area contributed by atoms with Crippen molar-refractivity contribution in [3.63, 3.8) is 0 Å². The molecule has 1 N–H and O–H groups in total. The maximum atomic E-state index is 12.1. The smallest absolute Gasteiger partial charge is 0.270 e. The van der Waals surface area contributed by atoms with Gasteiger partial charge in [-0.05, 0) is 54.0 Å². The third kappa shape index (κ3) is 4.98. The molecule has 0 spiro atoms. The first-order valence-corrected chi connectivity index (χ1v) is 8.16. The van der Waals surface area contributed by atoms with Gasteiger partial charge in [-0.15, -0.1) is 0 Å². The van der Waals surface area contributed by atoms with E-state index in [2.05, 4.69) is 5.32 Å². The molecule has 0 aliphatic heterocycles. The Bertz CT molecular complexity index is 482. The number of benzene rings is 1. The van der Waals surface area contributed by atoms with Gasteiger partial charge in [-0.25, -0.2) is 0 Å². The van der Waals surface area contributed by atoms with Crippen LogP contribution in [0.5, 0.6) is 0 Å². The molecule has 0 aromatic heterocycles. The number of nitro groups is 1. The summed E-state index contributed by atoms with van der Waals surface area (Å²) in [6.07, 6.45) is 2.89. The number of thioether (sulfide) groups is 1. The normalized spacial score (nSPS) is 11.9. The average Bonchev–Trinajstić information content (AvgIpc) is 2.36. The summed E-state index contributed by atoms with van der Waals surface area (Å²) in [6, 6.07) is 4.35. The highest BCUT2D eigenvalue weighted by Gasteiger charge is 2.16. The Morgan fingerprint density at radius 2 is 2.26 bits per heavy atom. The number of hydrogen-bond acceptors (Lipinski definition) is 4. The average molecular weight is 394 g/mol. The second kappa shape index (κ2) is 7.68. The molecule has 19 heavy (non-hydrogen) atoms. The topological polar surface area (TPSA) is 72.2 Å². The Balaban J connectivity index is 2.81. The fourth-order valence-electron chi connectivity index (χ4n) is 1.47. The number of nitrogens with one attached hydrogen (secondary N) is 1.